The average molecular weight is 477 g/mol. The number of imidazole rings is 1. The van der Waals surface area contributed by atoms with Gasteiger partial charge in [0.05, 0.1) is 23.0 Å². The van der Waals surface area contributed by atoms with Gasteiger partial charge in [-0.05, 0) is 75.0 Å². The molecule has 186 valence electrons. The number of aromatic nitrogens is 2. The van der Waals surface area contributed by atoms with E-state index in [0.29, 0.717) is 19.3 Å². The first-order valence-electron chi connectivity index (χ1n) is 12.7. The Balaban J connectivity index is 1.45. The van der Waals surface area contributed by atoms with Gasteiger partial charge in [0.15, 0.2) is 5.82 Å². The number of hydrogen-bond donors (Lipinski definition) is 3. The molecule has 1 aromatic heterocycles. The minimum Gasteiger partial charge on any atom is -0.389 e. The van der Waals surface area contributed by atoms with Crippen molar-refractivity contribution < 1.29 is 14.6 Å². The third-order valence-corrected chi connectivity index (χ3v) is 8.49. The lowest BCUT2D eigenvalue weighted by Crippen LogP contribution is -2.54. The molecule has 1 aromatic rings. The smallest absolute Gasteiger partial charge is 0.291 e. The van der Waals surface area contributed by atoms with Crippen molar-refractivity contribution in [3.05, 3.63) is 52.8 Å². The zero-order valence-electron chi connectivity index (χ0n) is 21.2. The molecule has 2 bridgehead atoms. The van der Waals surface area contributed by atoms with Crippen LogP contribution < -0.4 is 5.32 Å². The molecule has 3 atom stereocenters. The van der Waals surface area contributed by atoms with Crippen molar-refractivity contribution in [2.75, 3.05) is 0 Å². The number of amides is 1. The van der Waals surface area contributed by atoms with E-state index in [-0.39, 0.29) is 40.0 Å². The van der Waals surface area contributed by atoms with Crippen LogP contribution in [0.25, 0.3) is 0 Å². The second-order valence-corrected chi connectivity index (χ2v) is 12.3. The molecule has 0 aromatic carbocycles. The molecular formula is C28H36N4O3. The maximum atomic E-state index is 12.9. The highest BCUT2D eigenvalue weighted by Crippen LogP contribution is 2.55. The largest absolute Gasteiger partial charge is 0.389 e. The SMILES string of the molecule is CC1(C)CC=C(C2=C(NC(=O)c3ncc(C#N)[nH]3)C=CC(C3(O)CC4(C)CCC(C)(C3)O4)C2)CC1. The van der Waals surface area contributed by atoms with Gasteiger partial charge in [0.2, 0.25) is 0 Å². The number of ether oxygens (including phenoxy) is 1. The standard InChI is InChI=1S/C28H36N4O3/c1-25(2)9-7-18(8-10-25)21-13-19(28(34)16-26(3)11-12-27(4,17-28)35-26)5-6-22(21)32-24(33)23-30-15-20(14-29)31-23/h5-7,15,19,34H,8-13,16-17H2,1-4H3,(H,30,31)(H,32,33). The molecule has 0 spiro atoms. The number of nitrogens with one attached hydrogen (secondary N) is 2. The third kappa shape index (κ3) is 4.62. The lowest BCUT2D eigenvalue weighted by Gasteiger charge is -2.49. The number of allylic oxidation sites excluding steroid dienone is 4. The van der Waals surface area contributed by atoms with Crippen molar-refractivity contribution in [1.29, 1.82) is 5.26 Å². The van der Waals surface area contributed by atoms with E-state index in [1.54, 1.807) is 0 Å². The summed E-state index contributed by atoms with van der Waals surface area (Å²) in [5, 5.41) is 24.1. The highest BCUT2D eigenvalue weighted by Gasteiger charge is 2.58. The van der Waals surface area contributed by atoms with Gasteiger partial charge in [-0.3, -0.25) is 4.79 Å². The van der Waals surface area contributed by atoms with Gasteiger partial charge in [0.25, 0.3) is 5.91 Å². The molecule has 2 saturated heterocycles. The molecule has 2 fully saturated rings. The molecule has 5 rings (SSSR count). The summed E-state index contributed by atoms with van der Waals surface area (Å²) in [5.41, 5.74) is 2.17. The van der Waals surface area contributed by atoms with Gasteiger partial charge < -0.3 is 20.1 Å². The number of nitriles is 1. The minimum atomic E-state index is -0.854. The normalized spacial score (nSPS) is 36.0. The van der Waals surface area contributed by atoms with Crippen molar-refractivity contribution in [1.82, 2.24) is 15.3 Å². The average Bonchev–Trinajstić information content (AvgIpc) is 3.35. The molecule has 3 unspecified atom stereocenters. The molecule has 7 heteroatoms. The summed E-state index contributed by atoms with van der Waals surface area (Å²) in [7, 11) is 0. The molecule has 7 nitrogen and oxygen atoms in total. The second-order valence-electron chi connectivity index (χ2n) is 12.3. The fourth-order valence-electron chi connectivity index (χ4n) is 6.62. The summed E-state index contributed by atoms with van der Waals surface area (Å²) in [5.74, 6) is -0.312. The molecular weight excluding hydrogens is 440 g/mol. The monoisotopic (exact) mass is 476 g/mol. The van der Waals surface area contributed by atoms with E-state index in [9.17, 15) is 9.90 Å². The van der Waals surface area contributed by atoms with Gasteiger partial charge in [-0.2, -0.15) is 5.26 Å². The van der Waals surface area contributed by atoms with Gasteiger partial charge in [0, 0.05) is 24.5 Å². The molecule has 0 radical (unpaired) electrons. The Morgan fingerprint density at radius 3 is 2.54 bits per heavy atom. The first-order valence-corrected chi connectivity index (χ1v) is 12.7. The summed E-state index contributed by atoms with van der Waals surface area (Å²) in [4.78, 5) is 19.7. The number of H-pyrrole nitrogens is 1. The highest BCUT2D eigenvalue weighted by molar-refractivity contribution is 5.92. The van der Waals surface area contributed by atoms with Gasteiger partial charge in [-0.1, -0.05) is 26.0 Å². The van der Waals surface area contributed by atoms with E-state index >= 15 is 0 Å². The van der Waals surface area contributed by atoms with Crippen LogP contribution in [0.3, 0.4) is 0 Å². The maximum absolute atomic E-state index is 12.9. The van der Waals surface area contributed by atoms with Crippen LogP contribution in [0.2, 0.25) is 0 Å². The maximum Gasteiger partial charge on any atom is 0.291 e. The molecule has 4 aliphatic rings. The number of aliphatic hydroxyl groups is 1. The van der Waals surface area contributed by atoms with E-state index in [4.69, 9.17) is 10.00 Å². The molecule has 2 aliphatic heterocycles. The zero-order valence-corrected chi connectivity index (χ0v) is 21.2. The Kier molecular flexibility index (Phi) is 5.61. The molecule has 3 heterocycles. The second kappa shape index (κ2) is 8.18. The number of carbonyl (C=O) groups excluding carboxylic acids is 1. The lowest BCUT2D eigenvalue weighted by atomic mass is 9.68. The van der Waals surface area contributed by atoms with Crippen molar-refractivity contribution in [3.63, 3.8) is 0 Å². The molecule has 1 amide bonds. The van der Waals surface area contributed by atoms with Crippen LogP contribution in [0.4, 0.5) is 0 Å². The summed E-state index contributed by atoms with van der Waals surface area (Å²) in [6.07, 6.45) is 14.5. The molecule has 35 heavy (non-hydrogen) atoms. The van der Waals surface area contributed by atoms with Crippen molar-refractivity contribution in [2.45, 2.75) is 95.9 Å². The molecule has 0 saturated carbocycles. The van der Waals surface area contributed by atoms with Crippen molar-refractivity contribution in [3.8, 4) is 6.07 Å². The van der Waals surface area contributed by atoms with Crippen molar-refractivity contribution >= 4 is 5.91 Å². The van der Waals surface area contributed by atoms with Gasteiger partial charge in [-0.15, -0.1) is 0 Å². The minimum absolute atomic E-state index is 0.0524. The van der Waals surface area contributed by atoms with Crippen molar-refractivity contribution in [2.24, 2.45) is 11.3 Å². The van der Waals surface area contributed by atoms with Gasteiger partial charge in [-0.25, -0.2) is 4.98 Å². The van der Waals surface area contributed by atoms with Crippen LogP contribution >= 0.6 is 0 Å². The van der Waals surface area contributed by atoms with Crippen LogP contribution in [0.5, 0.6) is 0 Å². The Hall–Kier alpha value is -2.69. The van der Waals surface area contributed by atoms with E-state index in [1.807, 2.05) is 12.1 Å². The van der Waals surface area contributed by atoms with Crippen LogP contribution in [0.1, 0.15) is 95.4 Å². The Morgan fingerprint density at radius 1 is 1.23 bits per heavy atom. The van der Waals surface area contributed by atoms with E-state index in [2.05, 4.69) is 55.1 Å². The lowest BCUT2D eigenvalue weighted by molar-refractivity contribution is -0.205. The van der Waals surface area contributed by atoms with E-state index in [0.717, 1.165) is 43.4 Å². The van der Waals surface area contributed by atoms with Gasteiger partial charge in [0.1, 0.15) is 11.8 Å². The topological polar surface area (TPSA) is 111 Å². The van der Waals surface area contributed by atoms with Crippen LogP contribution in [-0.4, -0.2) is 37.8 Å². The molecule has 3 N–H and O–H groups in total. The Labute approximate surface area is 207 Å². The Morgan fingerprint density at radius 2 is 1.94 bits per heavy atom. The van der Waals surface area contributed by atoms with Gasteiger partial charge >= 0.3 is 0 Å². The summed E-state index contributed by atoms with van der Waals surface area (Å²) >= 11 is 0. The van der Waals surface area contributed by atoms with Crippen LogP contribution in [0.15, 0.2) is 41.3 Å². The van der Waals surface area contributed by atoms with E-state index in [1.165, 1.54) is 11.8 Å². The van der Waals surface area contributed by atoms with Crippen LogP contribution in [0, 0.1) is 22.7 Å². The summed E-state index contributed by atoms with van der Waals surface area (Å²) in [6.45, 7) is 8.82. The van der Waals surface area contributed by atoms with E-state index < -0.39 is 5.60 Å². The number of nitrogens with zero attached hydrogens (tertiary/aromatic N) is 2. The first-order chi connectivity index (χ1) is 16.4. The number of aromatic amines is 1. The fraction of sp³-hybridized carbons (Fsp3) is 0.607. The number of rotatable bonds is 4. The predicted molar refractivity (Wildman–Crippen MR) is 132 cm³/mol. The Bertz CT molecular complexity index is 1160. The fourth-order valence-corrected chi connectivity index (χ4v) is 6.62. The number of carbonyl (C=O) groups is 1. The number of fused-ring (bicyclic) bond motifs is 2. The quantitative estimate of drug-likeness (QED) is 0.576. The highest BCUT2D eigenvalue weighted by atomic mass is 16.5. The zero-order chi connectivity index (χ0) is 25.1. The summed E-state index contributed by atoms with van der Waals surface area (Å²) in [6, 6.07) is 1.97. The van der Waals surface area contributed by atoms with Crippen LogP contribution in [-0.2, 0) is 4.74 Å². The predicted octanol–water partition coefficient (Wildman–Crippen LogP) is 4.83. The summed E-state index contributed by atoms with van der Waals surface area (Å²) < 4.78 is 6.36. The third-order valence-electron chi connectivity index (χ3n) is 8.49. The molecule has 2 aliphatic carbocycles. The first kappa shape index (κ1) is 24.0. The number of hydrogen-bond acceptors (Lipinski definition) is 5.